The summed E-state index contributed by atoms with van der Waals surface area (Å²) in [5.41, 5.74) is 10.2. The van der Waals surface area contributed by atoms with Gasteiger partial charge in [0.05, 0.1) is 0 Å². The van der Waals surface area contributed by atoms with Gasteiger partial charge < -0.3 is 30.0 Å². The standard InChI is InChI=1S/C21H16F2N2O3.C14H14N2O2.C7H3ClF2O.CH4/c1-12-9-17-18(28-8-7-27-17)10-14(12)13-5-6-19(24-11-13)25-21(26)20-15(22)3-2-4-16(20)23;1-9-6-12-13(18-5-4-17-12)7-11(9)10-2-3-14(15)16-8-10;8-7(11)6-4(9)2-1-3-5(6)10;/h2-6,9-11H,7-8H2,1H3,(H,24,25,26);2-3,6-8H,4-5H2,1H3,(H2,15,16);1-3H;1H4. The summed E-state index contributed by atoms with van der Waals surface area (Å²) >= 11 is 4.89. The largest absolute Gasteiger partial charge is 0.486 e. The van der Waals surface area contributed by atoms with Crippen LogP contribution in [0.4, 0.5) is 29.2 Å². The van der Waals surface area contributed by atoms with Crippen molar-refractivity contribution in [3.63, 3.8) is 0 Å². The van der Waals surface area contributed by atoms with Gasteiger partial charge in [-0.25, -0.2) is 27.5 Å². The molecule has 1 amide bonds. The first kappa shape index (κ1) is 42.5. The fourth-order valence-corrected chi connectivity index (χ4v) is 5.95. The molecule has 15 heteroatoms. The number of nitrogens with one attached hydrogen (secondary N) is 1. The molecule has 4 heterocycles. The molecule has 0 saturated carbocycles. The van der Waals surface area contributed by atoms with Crippen LogP contribution in [0, 0.1) is 37.1 Å². The Morgan fingerprint density at radius 3 is 1.41 bits per heavy atom. The average Bonchev–Trinajstić information content (AvgIpc) is 3.18. The Labute approximate surface area is 336 Å². The predicted molar refractivity (Wildman–Crippen MR) is 213 cm³/mol. The molecule has 0 aliphatic carbocycles. The first-order valence-corrected chi connectivity index (χ1v) is 17.7. The van der Waals surface area contributed by atoms with Crippen molar-refractivity contribution in [2.45, 2.75) is 21.3 Å². The Hall–Kier alpha value is -6.67. The summed E-state index contributed by atoms with van der Waals surface area (Å²) in [5, 5.41) is 1.28. The van der Waals surface area contributed by atoms with Gasteiger partial charge in [-0.2, -0.15) is 0 Å². The number of rotatable bonds is 5. The fraction of sp³-hybridized carbons (Fsp3) is 0.163. The normalized spacial score (nSPS) is 12.1. The third-order valence-electron chi connectivity index (χ3n) is 8.54. The number of aromatic nitrogens is 2. The van der Waals surface area contributed by atoms with Gasteiger partial charge in [-0.05, 0) is 120 Å². The first-order chi connectivity index (χ1) is 27.4. The van der Waals surface area contributed by atoms with Gasteiger partial charge in [-0.15, -0.1) is 0 Å². The number of hydrogen-bond acceptors (Lipinski definition) is 9. The summed E-state index contributed by atoms with van der Waals surface area (Å²) in [7, 11) is 0. The Bertz CT molecular complexity index is 2400. The third kappa shape index (κ3) is 10.0. The number of fused-ring (bicyclic) bond motifs is 2. The van der Waals surface area contributed by atoms with Crippen LogP contribution in [0.3, 0.4) is 0 Å². The maximum absolute atomic E-state index is 13.7. The van der Waals surface area contributed by atoms with E-state index in [-0.39, 0.29) is 13.2 Å². The molecule has 0 spiro atoms. The van der Waals surface area contributed by atoms with E-state index in [9.17, 15) is 27.2 Å². The molecule has 0 unspecified atom stereocenters. The van der Waals surface area contributed by atoms with Gasteiger partial charge in [-0.1, -0.05) is 19.6 Å². The molecule has 4 aromatic carbocycles. The molecule has 0 radical (unpaired) electrons. The van der Waals surface area contributed by atoms with Crippen molar-refractivity contribution in [2.24, 2.45) is 0 Å². The number of aryl methyl sites for hydroxylation is 2. The van der Waals surface area contributed by atoms with Crippen molar-refractivity contribution in [1.82, 2.24) is 9.97 Å². The minimum absolute atomic E-state index is 0. The zero-order chi connectivity index (χ0) is 40.6. The highest BCUT2D eigenvalue weighted by molar-refractivity contribution is 6.67. The molecule has 58 heavy (non-hydrogen) atoms. The van der Waals surface area contributed by atoms with Gasteiger partial charge in [-0.3, -0.25) is 9.59 Å². The van der Waals surface area contributed by atoms with Gasteiger partial charge >= 0.3 is 0 Å². The number of nitrogens with zero attached hydrogens (tertiary/aromatic N) is 2. The zero-order valence-electron chi connectivity index (χ0n) is 30.4. The quantitative estimate of drug-likeness (QED) is 0.129. The summed E-state index contributed by atoms with van der Waals surface area (Å²) in [6.07, 6.45) is 3.35. The summed E-state index contributed by atoms with van der Waals surface area (Å²) in [5.74, 6) is -0.955. The molecule has 2 aliphatic rings. The molecule has 8 rings (SSSR count). The Morgan fingerprint density at radius 1 is 0.621 bits per heavy atom. The number of benzene rings is 4. The topological polar surface area (TPSA) is 135 Å². The minimum Gasteiger partial charge on any atom is -0.486 e. The van der Waals surface area contributed by atoms with Crippen LogP contribution >= 0.6 is 11.6 Å². The highest BCUT2D eigenvalue weighted by Crippen LogP contribution is 2.38. The number of pyridine rings is 2. The van der Waals surface area contributed by atoms with E-state index in [0.717, 1.165) is 75.2 Å². The first-order valence-electron chi connectivity index (χ1n) is 17.3. The molecule has 6 aromatic rings. The molecule has 2 aliphatic heterocycles. The van der Waals surface area contributed by atoms with Crippen LogP contribution in [0.5, 0.6) is 23.0 Å². The highest BCUT2D eigenvalue weighted by atomic mass is 35.5. The second kappa shape index (κ2) is 19.0. The van der Waals surface area contributed by atoms with E-state index in [1.165, 1.54) is 6.07 Å². The van der Waals surface area contributed by atoms with Crippen molar-refractivity contribution in [2.75, 3.05) is 37.5 Å². The second-order valence-corrected chi connectivity index (χ2v) is 12.8. The summed E-state index contributed by atoms with van der Waals surface area (Å²) < 4.78 is 74.9. The number of carbonyl (C=O) groups excluding carboxylic acids is 2. The van der Waals surface area contributed by atoms with Crippen LogP contribution in [-0.2, 0) is 0 Å². The lowest BCUT2D eigenvalue weighted by atomic mass is 10.0. The van der Waals surface area contributed by atoms with Crippen molar-refractivity contribution in [3.05, 3.63) is 143 Å². The molecular weight excluding hydrogens is 780 g/mol. The Morgan fingerprint density at radius 2 is 1.03 bits per heavy atom. The van der Waals surface area contributed by atoms with Gasteiger partial charge in [0.25, 0.3) is 11.1 Å². The number of amides is 1. The molecule has 10 nitrogen and oxygen atoms in total. The smallest absolute Gasteiger partial charge is 0.262 e. The van der Waals surface area contributed by atoms with E-state index in [0.29, 0.717) is 43.7 Å². The number of halogens is 5. The average molecular weight is 817 g/mol. The van der Waals surface area contributed by atoms with E-state index in [1.807, 2.05) is 44.2 Å². The summed E-state index contributed by atoms with van der Waals surface area (Å²) in [6, 6.07) is 21.2. The molecule has 0 bridgehead atoms. The van der Waals surface area contributed by atoms with Crippen LogP contribution in [-0.4, -0.2) is 47.5 Å². The van der Waals surface area contributed by atoms with E-state index < -0.39 is 45.5 Å². The number of ether oxygens (including phenoxy) is 4. The van der Waals surface area contributed by atoms with Crippen LogP contribution in [0.15, 0.2) is 97.3 Å². The SMILES string of the molecule is C.Cc1cc2c(cc1-c1ccc(N)nc1)OCCO2.Cc1cc2c(cc1-c1ccc(NC(=O)c3c(F)cccc3F)nc1)OCCO2.O=C(Cl)c1c(F)cccc1F. The molecular formula is C43H37ClF4N4O6. The molecule has 0 fully saturated rings. The van der Waals surface area contributed by atoms with Gasteiger partial charge in [0.2, 0.25) is 0 Å². The lowest BCUT2D eigenvalue weighted by Gasteiger charge is -2.20. The lowest BCUT2D eigenvalue weighted by Crippen LogP contribution is -2.16. The van der Waals surface area contributed by atoms with Crippen LogP contribution in [0.25, 0.3) is 22.3 Å². The number of anilines is 2. The number of hydrogen-bond donors (Lipinski definition) is 2. The third-order valence-corrected chi connectivity index (χ3v) is 8.73. The van der Waals surface area contributed by atoms with Crippen molar-refractivity contribution < 1.29 is 46.1 Å². The Balaban J connectivity index is 0.000000183. The fourth-order valence-electron chi connectivity index (χ4n) is 5.77. The summed E-state index contributed by atoms with van der Waals surface area (Å²) in [4.78, 5) is 30.8. The number of carbonyl (C=O) groups is 2. The van der Waals surface area contributed by atoms with Crippen LogP contribution < -0.4 is 30.0 Å². The van der Waals surface area contributed by atoms with E-state index >= 15 is 0 Å². The molecule has 3 N–H and O–H groups in total. The molecule has 0 saturated heterocycles. The monoisotopic (exact) mass is 816 g/mol. The highest BCUT2D eigenvalue weighted by Gasteiger charge is 2.19. The van der Waals surface area contributed by atoms with Crippen LogP contribution in [0.2, 0.25) is 0 Å². The van der Waals surface area contributed by atoms with Crippen molar-refractivity contribution in [1.29, 1.82) is 0 Å². The van der Waals surface area contributed by atoms with Crippen LogP contribution in [0.1, 0.15) is 39.3 Å². The van der Waals surface area contributed by atoms with E-state index in [4.69, 9.17) is 36.3 Å². The lowest BCUT2D eigenvalue weighted by molar-refractivity contribution is 0.101. The zero-order valence-corrected chi connectivity index (χ0v) is 31.1. The van der Waals surface area contributed by atoms with E-state index in [2.05, 4.69) is 15.3 Å². The Kier molecular flexibility index (Phi) is 13.9. The van der Waals surface area contributed by atoms with Gasteiger partial charge in [0.1, 0.15) is 72.5 Å². The summed E-state index contributed by atoms with van der Waals surface area (Å²) in [6.45, 7) is 6.20. The van der Waals surface area contributed by atoms with Crippen molar-refractivity contribution in [3.8, 4) is 45.3 Å². The second-order valence-electron chi connectivity index (χ2n) is 12.4. The van der Waals surface area contributed by atoms with Gasteiger partial charge in [0.15, 0.2) is 23.0 Å². The number of nitrogen functional groups attached to an aromatic ring is 1. The maximum atomic E-state index is 13.7. The molecule has 300 valence electrons. The van der Waals surface area contributed by atoms with E-state index in [1.54, 1.807) is 30.6 Å². The molecule has 0 atom stereocenters. The number of nitrogens with two attached hydrogens (primary N) is 1. The molecule has 2 aromatic heterocycles. The van der Waals surface area contributed by atoms with Gasteiger partial charge in [0, 0.05) is 23.5 Å². The predicted octanol–water partition coefficient (Wildman–Crippen LogP) is 9.75. The maximum Gasteiger partial charge on any atom is 0.262 e. The van der Waals surface area contributed by atoms with Crippen molar-refractivity contribution >= 4 is 34.4 Å². The minimum atomic E-state index is -1.12.